The van der Waals surface area contributed by atoms with Crippen LogP contribution in [0.4, 0.5) is 41.3 Å². The quantitative estimate of drug-likeness (QED) is 0.226. The normalized spacial score (nSPS) is 14.5. The average molecular weight is 597 g/mol. The van der Waals surface area contributed by atoms with Crippen LogP contribution in [0.25, 0.3) is 0 Å². The maximum atomic E-state index is 14.0. The van der Waals surface area contributed by atoms with E-state index in [0.717, 1.165) is 49.1 Å². The first-order valence-corrected chi connectivity index (χ1v) is 14.2. The molecule has 0 unspecified atom stereocenters. The SMILES string of the molecule is Cc1nc(Nc2ccc(CN3CCN(C)CC3)c(C(F)(F)F)c2)cc(Nc2ncc(C(=O)Nc3ccccc3C)s2)n1. The maximum absolute atomic E-state index is 14.0. The number of hydrogen-bond donors (Lipinski definition) is 3. The van der Waals surface area contributed by atoms with Crippen LogP contribution < -0.4 is 16.0 Å². The van der Waals surface area contributed by atoms with Gasteiger partial charge < -0.3 is 20.9 Å². The molecule has 3 heterocycles. The molecule has 1 aliphatic rings. The van der Waals surface area contributed by atoms with E-state index in [9.17, 15) is 18.0 Å². The largest absolute Gasteiger partial charge is 0.416 e. The molecule has 0 aliphatic carbocycles. The number of likely N-dealkylation sites (N-methyl/N-ethyl adjacent to an activating group) is 1. The fourth-order valence-electron chi connectivity index (χ4n) is 4.59. The van der Waals surface area contributed by atoms with Crippen LogP contribution in [0, 0.1) is 13.8 Å². The zero-order valence-electron chi connectivity index (χ0n) is 23.4. The van der Waals surface area contributed by atoms with Crippen molar-refractivity contribution in [2.45, 2.75) is 26.6 Å². The third kappa shape index (κ3) is 7.41. The van der Waals surface area contributed by atoms with E-state index >= 15 is 0 Å². The fourth-order valence-corrected chi connectivity index (χ4v) is 5.31. The van der Waals surface area contributed by atoms with Crippen LogP contribution in [-0.4, -0.2) is 63.9 Å². The van der Waals surface area contributed by atoms with Gasteiger partial charge in [-0.15, -0.1) is 0 Å². The summed E-state index contributed by atoms with van der Waals surface area (Å²) in [4.78, 5) is 30.3. The smallest absolute Gasteiger partial charge is 0.340 e. The van der Waals surface area contributed by atoms with E-state index in [-0.39, 0.29) is 23.7 Å². The van der Waals surface area contributed by atoms with Crippen molar-refractivity contribution in [1.82, 2.24) is 24.8 Å². The number of piperazine rings is 1. The van der Waals surface area contributed by atoms with Gasteiger partial charge in [0.05, 0.1) is 11.8 Å². The molecule has 2 aromatic carbocycles. The number of aryl methyl sites for hydroxylation is 2. The van der Waals surface area contributed by atoms with Crippen molar-refractivity contribution in [1.29, 1.82) is 0 Å². The predicted molar refractivity (Wildman–Crippen MR) is 159 cm³/mol. The number of alkyl halides is 3. The first kappa shape index (κ1) is 29.4. The highest BCUT2D eigenvalue weighted by Gasteiger charge is 2.34. The summed E-state index contributed by atoms with van der Waals surface area (Å²) < 4.78 is 42.1. The summed E-state index contributed by atoms with van der Waals surface area (Å²) in [6.45, 7) is 6.93. The second kappa shape index (κ2) is 12.4. The van der Waals surface area contributed by atoms with Gasteiger partial charge in [-0.05, 0) is 50.2 Å². The summed E-state index contributed by atoms with van der Waals surface area (Å²) >= 11 is 1.15. The summed E-state index contributed by atoms with van der Waals surface area (Å²) in [5.74, 6) is 0.818. The predicted octanol–water partition coefficient (Wildman–Crippen LogP) is 6.06. The molecule has 5 rings (SSSR count). The Morgan fingerprint density at radius 2 is 1.69 bits per heavy atom. The number of aromatic nitrogens is 3. The molecule has 3 N–H and O–H groups in total. The van der Waals surface area contributed by atoms with Crippen molar-refractivity contribution in [3.63, 3.8) is 0 Å². The number of halogens is 3. The van der Waals surface area contributed by atoms with Gasteiger partial charge in [-0.25, -0.2) is 15.0 Å². The molecule has 2 aromatic heterocycles. The molecule has 220 valence electrons. The van der Waals surface area contributed by atoms with Gasteiger partial charge in [0, 0.05) is 50.2 Å². The van der Waals surface area contributed by atoms with Crippen molar-refractivity contribution < 1.29 is 18.0 Å². The van der Waals surface area contributed by atoms with E-state index in [2.05, 4.69) is 35.8 Å². The van der Waals surface area contributed by atoms with Crippen molar-refractivity contribution >= 4 is 45.4 Å². The third-order valence-electron chi connectivity index (χ3n) is 6.87. The minimum absolute atomic E-state index is 0.239. The Kier molecular flexibility index (Phi) is 8.71. The number of hydrogen-bond acceptors (Lipinski definition) is 9. The molecular weight excluding hydrogens is 565 g/mol. The van der Waals surface area contributed by atoms with E-state index in [1.54, 1.807) is 19.1 Å². The van der Waals surface area contributed by atoms with Gasteiger partial charge in [-0.2, -0.15) is 13.2 Å². The van der Waals surface area contributed by atoms with Crippen LogP contribution in [0.15, 0.2) is 54.7 Å². The Balaban J connectivity index is 1.29. The van der Waals surface area contributed by atoms with Crippen molar-refractivity contribution in [3.8, 4) is 0 Å². The molecule has 4 aromatic rings. The number of thiazole rings is 1. The molecule has 0 spiro atoms. The fraction of sp³-hybridized carbons (Fsp3) is 0.310. The zero-order chi connectivity index (χ0) is 29.9. The second-order valence-electron chi connectivity index (χ2n) is 10.2. The highest BCUT2D eigenvalue weighted by molar-refractivity contribution is 7.17. The molecule has 1 aliphatic heterocycles. The summed E-state index contributed by atoms with van der Waals surface area (Å²) in [6.07, 6.45) is -3.03. The van der Waals surface area contributed by atoms with Gasteiger partial charge in [0.1, 0.15) is 22.3 Å². The van der Waals surface area contributed by atoms with E-state index < -0.39 is 11.7 Å². The number of nitrogens with one attached hydrogen (secondary N) is 3. The van der Waals surface area contributed by atoms with Crippen molar-refractivity contribution in [2.24, 2.45) is 0 Å². The monoisotopic (exact) mass is 596 g/mol. The van der Waals surface area contributed by atoms with Gasteiger partial charge in [-0.3, -0.25) is 9.69 Å². The number of nitrogens with zero attached hydrogens (tertiary/aromatic N) is 5. The molecule has 0 saturated carbocycles. The molecule has 1 fully saturated rings. The van der Waals surface area contributed by atoms with Crippen LogP contribution in [0.2, 0.25) is 0 Å². The topological polar surface area (TPSA) is 98.3 Å². The molecule has 1 saturated heterocycles. The van der Waals surface area contributed by atoms with Gasteiger partial charge in [0.2, 0.25) is 0 Å². The van der Waals surface area contributed by atoms with Crippen LogP contribution in [-0.2, 0) is 12.7 Å². The van der Waals surface area contributed by atoms with Gasteiger partial charge in [0.15, 0.2) is 5.13 Å². The third-order valence-corrected chi connectivity index (χ3v) is 7.78. The standard InChI is InChI=1S/C29H31F3N8OS/c1-18-6-4-5-7-23(18)37-27(41)24-16-33-28(42-24)38-26-15-25(34-19(2)35-26)36-21-9-8-20(22(14-21)29(30,31)32)17-40-12-10-39(3)11-13-40/h4-9,14-16H,10-13,17H2,1-3H3,(H,37,41)(H2,33,34,35,36,38). The second-order valence-corrected chi connectivity index (χ2v) is 11.2. The Morgan fingerprint density at radius 1 is 0.976 bits per heavy atom. The van der Waals surface area contributed by atoms with E-state index in [4.69, 9.17) is 0 Å². The lowest BCUT2D eigenvalue weighted by atomic mass is 10.0. The Morgan fingerprint density at radius 3 is 2.40 bits per heavy atom. The number of carbonyl (C=O) groups excluding carboxylic acids is 1. The Labute approximate surface area is 245 Å². The number of para-hydroxylation sites is 1. The average Bonchev–Trinajstić information content (AvgIpc) is 3.40. The number of benzene rings is 2. The molecule has 0 atom stereocenters. The summed E-state index contributed by atoms with van der Waals surface area (Å²) in [6, 6.07) is 13.3. The zero-order valence-corrected chi connectivity index (χ0v) is 24.2. The lowest BCUT2D eigenvalue weighted by molar-refractivity contribution is -0.138. The van der Waals surface area contributed by atoms with Crippen LogP contribution in [0.5, 0.6) is 0 Å². The highest BCUT2D eigenvalue weighted by Crippen LogP contribution is 2.35. The van der Waals surface area contributed by atoms with Gasteiger partial charge in [0.25, 0.3) is 5.91 Å². The lowest BCUT2D eigenvalue weighted by Crippen LogP contribution is -2.44. The molecule has 1 amide bonds. The molecule has 9 nitrogen and oxygen atoms in total. The summed E-state index contributed by atoms with van der Waals surface area (Å²) in [5.41, 5.74) is 1.49. The molecule has 0 radical (unpaired) electrons. The summed E-state index contributed by atoms with van der Waals surface area (Å²) in [7, 11) is 2.01. The number of amides is 1. The van der Waals surface area contributed by atoms with Crippen molar-refractivity contribution in [3.05, 3.63) is 82.1 Å². The first-order chi connectivity index (χ1) is 20.0. The molecule has 13 heteroatoms. The Hall–Kier alpha value is -4.07. The van der Waals surface area contributed by atoms with Crippen molar-refractivity contribution in [2.75, 3.05) is 49.2 Å². The van der Waals surface area contributed by atoms with Crippen LogP contribution in [0.3, 0.4) is 0 Å². The lowest BCUT2D eigenvalue weighted by Gasteiger charge is -2.33. The first-order valence-electron chi connectivity index (χ1n) is 13.4. The minimum atomic E-state index is -4.50. The number of anilines is 5. The van der Waals surface area contributed by atoms with E-state index in [1.165, 1.54) is 12.3 Å². The summed E-state index contributed by atoms with van der Waals surface area (Å²) in [5, 5.41) is 9.35. The van der Waals surface area contributed by atoms with E-state index in [1.807, 2.05) is 43.1 Å². The van der Waals surface area contributed by atoms with E-state index in [0.29, 0.717) is 33.2 Å². The van der Waals surface area contributed by atoms with Crippen LogP contribution >= 0.6 is 11.3 Å². The minimum Gasteiger partial charge on any atom is -0.340 e. The molecule has 0 bridgehead atoms. The maximum Gasteiger partial charge on any atom is 0.416 e. The van der Waals surface area contributed by atoms with Gasteiger partial charge >= 0.3 is 6.18 Å². The molecule has 42 heavy (non-hydrogen) atoms. The Bertz CT molecular complexity index is 1570. The van der Waals surface area contributed by atoms with Crippen LogP contribution in [0.1, 0.15) is 32.2 Å². The molecular formula is C29H31F3N8OS. The number of carbonyl (C=O) groups is 1. The van der Waals surface area contributed by atoms with Gasteiger partial charge in [-0.1, -0.05) is 35.6 Å². The highest BCUT2D eigenvalue weighted by atomic mass is 32.1. The number of rotatable bonds is 8.